The van der Waals surface area contributed by atoms with E-state index in [1.807, 2.05) is 25.1 Å². The Labute approximate surface area is 212 Å². The van der Waals surface area contributed by atoms with Crippen molar-refractivity contribution in [2.75, 3.05) is 19.6 Å². The van der Waals surface area contributed by atoms with Crippen molar-refractivity contribution in [3.8, 4) is 11.5 Å². The molecule has 2 fully saturated rings. The molecule has 0 spiro atoms. The SMILES string of the molecule is C[C@@H](NC(=O)[C@H]1CN(CC2CC2)CC[C@@H]1NC(=O)c1noc(-c2ccc(F)cc2F)n1)c1ccccn1. The van der Waals surface area contributed by atoms with Crippen molar-refractivity contribution >= 4 is 11.8 Å². The fourth-order valence-electron chi connectivity index (χ4n) is 4.64. The van der Waals surface area contributed by atoms with E-state index in [0.29, 0.717) is 24.9 Å². The van der Waals surface area contributed by atoms with E-state index >= 15 is 0 Å². The number of aromatic nitrogens is 3. The Kier molecular flexibility index (Phi) is 7.22. The molecular formula is C26H28F2N6O3. The van der Waals surface area contributed by atoms with E-state index in [-0.39, 0.29) is 29.2 Å². The first-order valence-electron chi connectivity index (χ1n) is 12.4. The number of nitrogens with one attached hydrogen (secondary N) is 2. The summed E-state index contributed by atoms with van der Waals surface area (Å²) >= 11 is 0. The third kappa shape index (κ3) is 5.99. The molecule has 1 saturated heterocycles. The van der Waals surface area contributed by atoms with Gasteiger partial charge in [-0.1, -0.05) is 11.2 Å². The molecule has 37 heavy (non-hydrogen) atoms. The standard InChI is InChI=1S/C26H28F2N6O3/c1-15(21-4-2-3-10-29-21)30-24(35)19-14-34(13-16-5-6-16)11-9-22(19)31-25(36)23-32-26(37-33-23)18-8-7-17(27)12-20(18)28/h2-4,7-8,10,12,15-16,19,22H,5-6,9,11,13-14H2,1H3,(H,30,35)(H,31,36)/t15-,19+,22+/m1/s1. The molecule has 2 aromatic heterocycles. The van der Waals surface area contributed by atoms with Crippen LogP contribution in [0.3, 0.4) is 0 Å². The van der Waals surface area contributed by atoms with Crippen LogP contribution < -0.4 is 10.6 Å². The van der Waals surface area contributed by atoms with Gasteiger partial charge in [0.1, 0.15) is 11.6 Å². The number of carbonyl (C=O) groups excluding carboxylic acids is 2. The van der Waals surface area contributed by atoms with Crippen molar-refractivity contribution < 1.29 is 22.9 Å². The minimum Gasteiger partial charge on any atom is -0.348 e. The minimum atomic E-state index is -0.877. The third-order valence-corrected chi connectivity index (χ3v) is 6.84. The Balaban J connectivity index is 1.29. The summed E-state index contributed by atoms with van der Waals surface area (Å²) in [5, 5.41) is 9.57. The van der Waals surface area contributed by atoms with E-state index in [0.717, 1.165) is 24.8 Å². The van der Waals surface area contributed by atoms with Crippen LogP contribution in [0.1, 0.15) is 48.5 Å². The van der Waals surface area contributed by atoms with Gasteiger partial charge in [-0.2, -0.15) is 4.98 Å². The zero-order valence-electron chi connectivity index (χ0n) is 20.4. The van der Waals surface area contributed by atoms with Gasteiger partial charge in [0.25, 0.3) is 17.6 Å². The lowest BCUT2D eigenvalue weighted by molar-refractivity contribution is -0.128. The first-order valence-corrected chi connectivity index (χ1v) is 12.4. The van der Waals surface area contributed by atoms with E-state index in [9.17, 15) is 18.4 Å². The highest BCUT2D eigenvalue weighted by molar-refractivity contribution is 5.91. The van der Waals surface area contributed by atoms with Gasteiger partial charge in [-0.05, 0) is 56.4 Å². The second kappa shape index (κ2) is 10.7. The monoisotopic (exact) mass is 510 g/mol. The lowest BCUT2D eigenvalue weighted by atomic mass is 9.90. The van der Waals surface area contributed by atoms with Crippen molar-refractivity contribution in [1.82, 2.24) is 30.7 Å². The largest absolute Gasteiger partial charge is 0.348 e. The van der Waals surface area contributed by atoms with Crippen LogP contribution in [0.25, 0.3) is 11.5 Å². The van der Waals surface area contributed by atoms with Crippen LogP contribution in [0, 0.1) is 23.5 Å². The zero-order valence-corrected chi connectivity index (χ0v) is 20.4. The minimum absolute atomic E-state index is 0.109. The van der Waals surface area contributed by atoms with Crippen LogP contribution in [0.2, 0.25) is 0 Å². The van der Waals surface area contributed by atoms with Crippen LogP contribution in [-0.2, 0) is 4.79 Å². The first kappa shape index (κ1) is 24.9. The van der Waals surface area contributed by atoms with Crippen molar-refractivity contribution in [2.45, 2.75) is 38.3 Å². The highest BCUT2D eigenvalue weighted by Crippen LogP contribution is 2.31. The van der Waals surface area contributed by atoms with Gasteiger partial charge in [0.15, 0.2) is 0 Å². The summed E-state index contributed by atoms with van der Waals surface area (Å²) < 4.78 is 32.4. The van der Waals surface area contributed by atoms with Gasteiger partial charge in [-0.15, -0.1) is 0 Å². The van der Waals surface area contributed by atoms with Crippen LogP contribution in [0.4, 0.5) is 8.78 Å². The third-order valence-electron chi connectivity index (χ3n) is 6.84. The van der Waals surface area contributed by atoms with Crippen LogP contribution in [0.5, 0.6) is 0 Å². The van der Waals surface area contributed by atoms with E-state index in [2.05, 4.69) is 30.7 Å². The summed E-state index contributed by atoms with van der Waals surface area (Å²) in [5.41, 5.74) is 0.636. The summed E-state index contributed by atoms with van der Waals surface area (Å²) in [7, 11) is 0. The maximum atomic E-state index is 14.1. The molecular weight excluding hydrogens is 482 g/mol. The number of hydrogen-bond acceptors (Lipinski definition) is 7. The Morgan fingerprint density at radius 3 is 2.76 bits per heavy atom. The van der Waals surface area contributed by atoms with Gasteiger partial charge in [0.2, 0.25) is 5.91 Å². The molecule has 1 aromatic carbocycles. The van der Waals surface area contributed by atoms with Crippen molar-refractivity contribution in [1.29, 1.82) is 0 Å². The van der Waals surface area contributed by atoms with Gasteiger partial charge in [-0.3, -0.25) is 14.6 Å². The van der Waals surface area contributed by atoms with E-state index < -0.39 is 29.5 Å². The Morgan fingerprint density at radius 1 is 1.19 bits per heavy atom. The van der Waals surface area contributed by atoms with E-state index in [1.54, 1.807) is 6.20 Å². The van der Waals surface area contributed by atoms with Crippen molar-refractivity contribution in [2.24, 2.45) is 11.8 Å². The summed E-state index contributed by atoms with van der Waals surface area (Å²) in [5.74, 6) is -2.78. The molecule has 3 aromatic rings. The molecule has 0 unspecified atom stereocenters. The average molecular weight is 511 g/mol. The number of benzene rings is 1. The van der Waals surface area contributed by atoms with Crippen molar-refractivity contribution in [3.63, 3.8) is 0 Å². The maximum Gasteiger partial charge on any atom is 0.292 e. The molecule has 194 valence electrons. The molecule has 0 bridgehead atoms. The number of nitrogens with zero attached hydrogens (tertiary/aromatic N) is 4. The van der Waals surface area contributed by atoms with Gasteiger partial charge < -0.3 is 20.1 Å². The molecule has 1 aliphatic carbocycles. The molecule has 1 aliphatic heterocycles. The number of rotatable bonds is 8. The first-order chi connectivity index (χ1) is 17.9. The summed E-state index contributed by atoms with van der Waals surface area (Å²) in [6.07, 6.45) is 4.67. The molecule has 11 heteroatoms. The smallest absolute Gasteiger partial charge is 0.292 e. The average Bonchev–Trinajstić information content (AvgIpc) is 3.57. The molecule has 2 N–H and O–H groups in total. The zero-order chi connectivity index (χ0) is 25.9. The topological polar surface area (TPSA) is 113 Å². The normalized spacial score (nSPS) is 20.8. The van der Waals surface area contributed by atoms with Crippen molar-refractivity contribution in [3.05, 3.63) is 65.7 Å². The Hall–Kier alpha value is -3.73. The lowest BCUT2D eigenvalue weighted by Crippen LogP contribution is -2.56. The predicted molar refractivity (Wildman–Crippen MR) is 129 cm³/mol. The van der Waals surface area contributed by atoms with Crippen LogP contribution >= 0.6 is 0 Å². The van der Waals surface area contributed by atoms with Gasteiger partial charge in [-0.25, -0.2) is 8.78 Å². The van der Waals surface area contributed by atoms with E-state index in [1.165, 1.54) is 18.9 Å². The molecule has 2 aliphatic rings. The number of piperidine rings is 1. The molecule has 1 saturated carbocycles. The van der Waals surface area contributed by atoms with Crippen LogP contribution in [-0.4, -0.2) is 57.5 Å². The van der Waals surface area contributed by atoms with E-state index in [4.69, 9.17) is 4.52 Å². The number of carbonyl (C=O) groups is 2. The highest BCUT2D eigenvalue weighted by Gasteiger charge is 2.38. The predicted octanol–water partition coefficient (Wildman–Crippen LogP) is 3.12. The maximum absolute atomic E-state index is 14.1. The van der Waals surface area contributed by atoms with Crippen LogP contribution in [0.15, 0.2) is 47.1 Å². The van der Waals surface area contributed by atoms with Gasteiger partial charge in [0.05, 0.1) is 23.2 Å². The molecule has 0 radical (unpaired) electrons. The fraction of sp³-hybridized carbons (Fsp3) is 0.423. The summed E-state index contributed by atoms with van der Waals surface area (Å²) in [6.45, 7) is 4.07. The fourth-order valence-corrected chi connectivity index (χ4v) is 4.64. The Morgan fingerprint density at radius 2 is 2.03 bits per heavy atom. The summed E-state index contributed by atoms with van der Waals surface area (Å²) in [4.78, 5) is 36.9. The van der Waals surface area contributed by atoms with Gasteiger partial charge in [0, 0.05) is 37.9 Å². The molecule has 9 nitrogen and oxygen atoms in total. The number of pyridine rings is 1. The quantitative estimate of drug-likeness (QED) is 0.479. The number of amides is 2. The molecule has 3 heterocycles. The summed E-state index contributed by atoms with van der Waals surface area (Å²) in [6, 6.07) is 7.70. The number of hydrogen-bond donors (Lipinski definition) is 2. The lowest BCUT2D eigenvalue weighted by Gasteiger charge is -2.38. The molecule has 3 atom stereocenters. The number of likely N-dealkylation sites (tertiary alicyclic amines) is 1. The number of halogens is 2. The molecule has 5 rings (SSSR count). The Bertz CT molecular complexity index is 1270. The highest BCUT2D eigenvalue weighted by atomic mass is 19.1. The second-order valence-electron chi connectivity index (χ2n) is 9.71. The van der Waals surface area contributed by atoms with Gasteiger partial charge >= 0.3 is 0 Å². The second-order valence-corrected chi connectivity index (χ2v) is 9.71. The molecule has 2 amide bonds.